The van der Waals surface area contributed by atoms with Crippen LogP contribution in [0.3, 0.4) is 0 Å². The third-order valence-corrected chi connectivity index (χ3v) is 3.85. The van der Waals surface area contributed by atoms with Crippen molar-refractivity contribution in [1.82, 2.24) is 0 Å². The van der Waals surface area contributed by atoms with Crippen molar-refractivity contribution in [2.45, 2.75) is 13.8 Å². The molecule has 3 nitrogen and oxygen atoms in total. The van der Waals surface area contributed by atoms with Crippen LogP contribution in [0.25, 0.3) is 22.3 Å². The molecule has 0 bridgehead atoms. The highest BCUT2D eigenvalue weighted by Crippen LogP contribution is 2.25. The molecule has 0 saturated carbocycles. The van der Waals surface area contributed by atoms with Crippen molar-refractivity contribution >= 4 is 22.6 Å². The molecule has 0 unspecified atom stereocenters. The minimum atomic E-state index is 0.490. The molecule has 0 radical (unpaired) electrons. The van der Waals surface area contributed by atoms with Crippen LogP contribution in [0.4, 0.5) is 0 Å². The van der Waals surface area contributed by atoms with Gasteiger partial charge in [-0.15, -0.1) is 0 Å². The van der Waals surface area contributed by atoms with E-state index in [2.05, 4.69) is 5.16 Å². The largest absolute Gasteiger partial charge is 0.456 e. The van der Waals surface area contributed by atoms with Crippen LogP contribution in [-0.4, -0.2) is 5.21 Å². The van der Waals surface area contributed by atoms with Gasteiger partial charge in [-0.3, -0.25) is 0 Å². The molecule has 0 atom stereocenters. The van der Waals surface area contributed by atoms with E-state index in [1.807, 2.05) is 38.1 Å². The molecular weight excluding hydrogens is 286 g/mol. The highest BCUT2D eigenvalue weighted by Gasteiger charge is 2.08. The first-order valence-corrected chi connectivity index (χ1v) is 6.95. The predicted molar refractivity (Wildman–Crippen MR) is 83.5 cm³/mol. The maximum Gasteiger partial charge on any atom is 0.137 e. The topological polar surface area (TPSA) is 45.7 Å². The minimum absolute atomic E-state index is 0.490. The molecule has 1 heterocycles. The SMILES string of the molecule is Cc1cc2oc(-c3ccc(Cl)cc3)c/c(=N\O)c2cc1C. The summed E-state index contributed by atoms with van der Waals surface area (Å²) in [5, 5.41) is 14.6. The number of rotatable bonds is 1. The molecule has 0 aliphatic heterocycles. The molecule has 0 spiro atoms. The van der Waals surface area contributed by atoms with Crippen LogP contribution < -0.4 is 5.36 Å². The maximum atomic E-state index is 9.27. The van der Waals surface area contributed by atoms with Gasteiger partial charge in [-0.1, -0.05) is 16.8 Å². The summed E-state index contributed by atoms with van der Waals surface area (Å²) in [5.74, 6) is 0.634. The highest BCUT2D eigenvalue weighted by molar-refractivity contribution is 6.30. The van der Waals surface area contributed by atoms with Crippen molar-refractivity contribution in [3.63, 3.8) is 0 Å². The van der Waals surface area contributed by atoms with Crippen molar-refractivity contribution < 1.29 is 9.62 Å². The number of nitrogens with zero attached hydrogens (tertiary/aromatic N) is 1. The summed E-state index contributed by atoms with van der Waals surface area (Å²) in [7, 11) is 0. The molecule has 0 fully saturated rings. The predicted octanol–water partition coefficient (Wildman–Crippen LogP) is 4.66. The van der Waals surface area contributed by atoms with Gasteiger partial charge in [-0.2, -0.15) is 0 Å². The number of benzene rings is 2. The fourth-order valence-electron chi connectivity index (χ4n) is 2.26. The van der Waals surface area contributed by atoms with E-state index < -0.39 is 0 Å². The smallest absolute Gasteiger partial charge is 0.137 e. The number of aryl methyl sites for hydroxylation is 2. The quantitative estimate of drug-likeness (QED) is 0.524. The summed E-state index contributed by atoms with van der Waals surface area (Å²) in [6.45, 7) is 4.04. The van der Waals surface area contributed by atoms with Gasteiger partial charge in [-0.05, 0) is 61.4 Å². The minimum Gasteiger partial charge on any atom is -0.456 e. The van der Waals surface area contributed by atoms with Gasteiger partial charge in [0, 0.05) is 22.0 Å². The zero-order valence-corrected chi connectivity index (χ0v) is 12.5. The van der Waals surface area contributed by atoms with Gasteiger partial charge in [0.25, 0.3) is 0 Å². The lowest BCUT2D eigenvalue weighted by Crippen LogP contribution is -2.04. The van der Waals surface area contributed by atoms with Gasteiger partial charge >= 0.3 is 0 Å². The molecule has 3 aromatic rings. The second kappa shape index (κ2) is 5.26. The Hall–Kier alpha value is -2.26. The van der Waals surface area contributed by atoms with E-state index in [4.69, 9.17) is 16.0 Å². The normalized spacial score (nSPS) is 12.0. The Balaban J connectivity index is 2.31. The standard InChI is InChI=1S/C17H14ClNO2/c1-10-7-14-15(19-20)9-16(21-17(14)8-11(10)2)12-3-5-13(18)6-4-12/h3-9,20H,1-2H3/b19-15+. The molecule has 21 heavy (non-hydrogen) atoms. The Morgan fingerprint density at radius 1 is 1.00 bits per heavy atom. The van der Waals surface area contributed by atoms with Crippen LogP contribution in [0.5, 0.6) is 0 Å². The number of hydrogen-bond donors (Lipinski definition) is 1. The Labute approximate surface area is 127 Å². The van der Waals surface area contributed by atoms with Gasteiger partial charge in [0.15, 0.2) is 0 Å². The molecule has 0 saturated heterocycles. The monoisotopic (exact) mass is 299 g/mol. The van der Waals surface area contributed by atoms with E-state index >= 15 is 0 Å². The van der Waals surface area contributed by atoms with Crippen LogP contribution in [-0.2, 0) is 0 Å². The summed E-state index contributed by atoms with van der Waals surface area (Å²) in [5.41, 5.74) is 3.83. The van der Waals surface area contributed by atoms with Crippen molar-refractivity contribution in [1.29, 1.82) is 0 Å². The van der Waals surface area contributed by atoms with E-state index in [0.717, 1.165) is 22.1 Å². The van der Waals surface area contributed by atoms with Gasteiger partial charge in [0.1, 0.15) is 16.7 Å². The molecule has 0 aliphatic rings. The summed E-state index contributed by atoms with van der Waals surface area (Å²) in [6, 6.07) is 13.0. The number of fused-ring (bicyclic) bond motifs is 1. The fourth-order valence-corrected chi connectivity index (χ4v) is 2.39. The average Bonchev–Trinajstić information content (AvgIpc) is 2.48. The van der Waals surface area contributed by atoms with E-state index in [-0.39, 0.29) is 0 Å². The van der Waals surface area contributed by atoms with Crippen molar-refractivity contribution in [3.8, 4) is 11.3 Å². The lowest BCUT2D eigenvalue weighted by molar-refractivity contribution is 0.302. The summed E-state index contributed by atoms with van der Waals surface area (Å²) in [4.78, 5) is 0. The fraction of sp³-hybridized carbons (Fsp3) is 0.118. The first-order chi connectivity index (χ1) is 10.1. The summed E-state index contributed by atoms with van der Waals surface area (Å²) < 4.78 is 5.95. The first-order valence-electron chi connectivity index (χ1n) is 6.57. The highest BCUT2D eigenvalue weighted by atomic mass is 35.5. The van der Waals surface area contributed by atoms with Crippen LogP contribution in [0.15, 0.2) is 52.0 Å². The van der Waals surface area contributed by atoms with Crippen LogP contribution in [0.1, 0.15) is 11.1 Å². The third-order valence-electron chi connectivity index (χ3n) is 3.60. The molecule has 1 N–H and O–H groups in total. The van der Waals surface area contributed by atoms with Gasteiger partial charge in [0.2, 0.25) is 0 Å². The Morgan fingerprint density at radius 2 is 1.67 bits per heavy atom. The zero-order valence-electron chi connectivity index (χ0n) is 11.7. The van der Waals surface area contributed by atoms with E-state index in [1.165, 1.54) is 0 Å². The second-order valence-electron chi connectivity index (χ2n) is 5.04. The molecule has 1 aromatic heterocycles. The molecule has 106 valence electrons. The van der Waals surface area contributed by atoms with E-state index in [9.17, 15) is 5.21 Å². The van der Waals surface area contributed by atoms with Gasteiger partial charge < -0.3 is 9.62 Å². The van der Waals surface area contributed by atoms with Crippen LogP contribution >= 0.6 is 11.6 Å². The molecule has 2 aromatic carbocycles. The van der Waals surface area contributed by atoms with Crippen molar-refractivity contribution in [2.75, 3.05) is 0 Å². The Morgan fingerprint density at radius 3 is 2.33 bits per heavy atom. The van der Waals surface area contributed by atoms with Crippen molar-refractivity contribution in [2.24, 2.45) is 5.16 Å². The molecule has 3 rings (SSSR count). The third kappa shape index (κ3) is 2.52. The van der Waals surface area contributed by atoms with Gasteiger partial charge in [0.05, 0.1) is 0 Å². The van der Waals surface area contributed by atoms with Gasteiger partial charge in [-0.25, -0.2) is 0 Å². The lowest BCUT2D eigenvalue weighted by atomic mass is 10.1. The van der Waals surface area contributed by atoms with Crippen LogP contribution in [0.2, 0.25) is 5.02 Å². The molecular formula is C17H14ClNO2. The van der Waals surface area contributed by atoms with Crippen molar-refractivity contribution in [3.05, 3.63) is 64.0 Å². The molecule has 0 amide bonds. The second-order valence-corrected chi connectivity index (χ2v) is 5.47. The summed E-state index contributed by atoms with van der Waals surface area (Å²) in [6.07, 6.45) is 0. The van der Waals surface area contributed by atoms with E-state index in [1.54, 1.807) is 18.2 Å². The maximum absolute atomic E-state index is 9.27. The Bertz CT molecular complexity index is 880. The van der Waals surface area contributed by atoms with Crippen LogP contribution in [0, 0.1) is 13.8 Å². The molecule has 4 heteroatoms. The average molecular weight is 300 g/mol. The first kappa shape index (κ1) is 13.7. The lowest BCUT2D eigenvalue weighted by Gasteiger charge is -2.07. The number of halogens is 1. The zero-order chi connectivity index (χ0) is 15.0. The molecule has 0 aliphatic carbocycles. The van der Waals surface area contributed by atoms with E-state index in [0.29, 0.717) is 21.7 Å². The number of hydrogen-bond acceptors (Lipinski definition) is 3. The summed E-state index contributed by atoms with van der Waals surface area (Å²) >= 11 is 5.90. The Kier molecular flexibility index (Phi) is 3.43.